The molecule has 1 rings (SSSR count). The second-order valence-electron chi connectivity index (χ2n) is 2.74. The minimum absolute atomic E-state index is 0.0249. The van der Waals surface area contributed by atoms with E-state index in [1.54, 1.807) is 6.07 Å². The van der Waals surface area contributed by atoms with Gasteiger partial charge in [0.25, 0.3) is 0 Å². The van der Waals surface area contributed by atoms with Crippen LogP contribution in [0, 0.1) is 18.3 Å². The molecule has 0 amide bonds. The Hall–Kier alpha value is -1.15. The van der Waals surface area contributed by atoms with E-state index < -0.39 is 11.7 Å². The number of thiol groups is 1. The number of nitriles is 1. The minimum atomic E-state index is -4.42. The van der Waals surface area contributed by atoms with Gasteiger partial charge in [0.05, 0.1) is 11.1 Å². The molecule has 0 fully saturated rings. The maximum absolute atomic E-state index is 12.4. The van der Waals surface area contributed by atoms with E-state index in [2.05, 4.69) is 12.6 Å². The van der Waals surface area contributed by atoms with Gasteiger partial charge in [-0.25, -0.2) is 0 Å². The van der Waals surface area contributed by atoms with Gasteiger partial charge in [-0.2, -0.15) is 18.4 Å². The summed E-state index contributed by atoms with van der Waals surface area (Å²) in [6, 6.07) is 3.81. The van der Waals surface area contributed by atoms with E-state index in [0.717, 1.165) is 6.07 Å². The van der Waals surface area contributed by atoms with Crippen molar-refractivity contribution in [1.29, 1.82) is 5.26 Å². The fraction of sp³-hybridized carbons (Fsp3) is 0.222. The molecule has 0 saturated carbocycles. The average molecular weight is 217 g/mol. The van der Waals surface area contributed by atoms with Crippen molar-refractivity contribution >= 4 is 12.6 Å². The maximum Gasteiger partial charge on any atom is 0.416 e. The van der Waals surface area contributed by atoms with Crippen LogP contribution in [0.15, 0.2) is 17.0 Å². The fourth-order valence-electron chi connectivity index (χ4n) is 1.15. The topological polar surface area (TPSA) is 23.8 Å². The lowest BCUT2D eigenvalue weighted by atomic mass is 10.0. The summed E-state index contributed by atoms with van der Waals surface area (Å²) in [5.41, 5.74) is -0.887. The fourth-order valence-corrected chi connectivity index (χ4v) is 1.44. The van der Waals surface area contributed by atoms with Gasteiger partial charge in [0, 0.05) is 4.90 Å². The molecule has 0 saturated heterocycles. The van der Waals surface area contributed by atoms with Crippen molar-refractivity contribution in [3.63, 3.8) is 0 Å². The minimum Gasteiger partial charge on any atom is -0.192 e. The third-order valence-electron chi connectivity index (χ3n) is 1.86. The summed E-state index contributed by atoms with van der Waals surface area (Å²) in [4.78, 5) is 0.262. The van der Waals surface area contributed by atoms with Gasteiger partial charge in [-0.15, -0.1) is 12.6 Å². The van der Waals surface area contributed by atoms with Crippen LogP contribution in [0.4, 0.5) is 13.2 Å². The number of nitrogens with zero attached hydrogens (tertiary/aromatic N) is 1. The van der Waals surface area contributed by atoms with Crippen LogP contribution in [-0.2, 0) is 6.18 Å². The van der Waals surface area contributed by atoms with Crippen LogP contribution in [0.3, 0.4) is 0 Å². The molecule has 0 heterocycles. The van der Waals surface area contributed by atoms with Gasteiger partial charge in [0.2, 0.25) is 0 Å². The highest BCUT2D eigenvalue weighted by Crippen LogP contribution is 2.34. The van der Waals surface area contributed by atoms with E-state index in [0.29, 0.717) is 0 Å². The molecule has 14 heavy (non-hydrogen) atoms. The van der Waals surface area contributed by atoms with E-state index in [9.17, 15) is 13.2 Å². The van der Waals surface area contributed by atoms with Crippen molar-refractivity contribution in [3.05, 3.63) is 28.8 Å². The van der Waals surface area contributed by atoms with Gasteiger partial charge in [0.15, 0.2) is 0 Å². The molecule has 1 aromatic carbocycles. The van der Waals surface area contributed by atoms with Gasteiger partial charge in [0.1, 0.15) is 6.07 Å². The van der Waals surface area contributed by atoms with E-state index in [-0.39, 0.29) is 16.0 Å². The molecule has 0 aliphatic rings. The first-order chi connectivity index (χ1) is 6.38. The van der Waals surface area contributed by atoms with Crippen LogP contribution in [0.5, 0.6) is 0 Å². The molecular formula is C9H6F3NS. The summed E-state index contributed by atoms with van der Waals surface area (Å²) in [6.45, 7) is 1.26. The lowest BCUT2D eigenvalue weighted by molar-refractivity contribution is -0.138. The van der Waals surface area contributed by atoms with Crippen LogP contribution in [0.1, 0.15) is 16.7 Å². The molecule has 0 atom stereocenters. The molecule has 0 spiro atoms. The van der Waals surface area contributed by atoms with Gasteiger partial charge in [-0.1, -0.05) is 0 Å². The summed E-state index contributed by atoms with van der Waals surface area (Å²) in [7, 11) is 0. The van der Waals surface area contributed by atoms with Crippen molar-refractivity contribution < 1.29 is 13.2 Å². The average Bonchev–Trinajstić information content (AvgIpc) is 2.02. The second-order valence-corrected chi connectivity index (χ2v) is 3.22. The van der Waals surface area contributed by atoms with Gasteiger partial charge in [-0.05, 0) is 24.6 Å². The third-order valence-corrected chi connectivity index (χ3v) is 2.23. The van der Waals surface area contributed by atoms with E-state index >= 15 is 0 Å². The lowest BCUT2D eigenvalue weighted by Crippen LogP contribution is -2.08. The zero-order valence-corrected chi connectivity index (χ0v) is 8.08. The molecule has 0 aliphatic heterocycles. The first-order valence-electron chi connectivity index (χ1n) is 3.67. The SMILES string of the molecule is Cc1c(C(F)(F)F)ccc(S)c1C#N. The molecule has 0 bridgehead atoms. The zero-order valence-electron chi connectivity index (χ0n) is 7.18. The molecule has 5 heteroatoms. The van der Waals surface area contributed by atoms with E-state index in [1.807, 2.05) is 0 Å². The number of benzene rings is 1. The van der Waals surface area contributed by atoms with Gasteiger partial charge in [-0.3, -0.25) is 0 Å². The second kappa shape index (κ2) is 3.54. The summed E-state index contributed by atoms with van der Waals surface area (Å²) in [5, 5.41) is 8.62. The van der Waals surface area contributed by atoms with Crippen LogP contribution >= 0.6 is 12.6 Å². The van der Waals surface area contributed by atoms with Crippen LogP contribution in [-0.4, -0.2) is 0 Å². The number of hydrogen-bond donors (Lipinski definition) is 1. The smallest absolute Gasteiger partial charge is 0.192 e. The van der Waals surface area contributed by atoms with Crippen molar-refractivity contribution in [3.8, 4) is 6.07 Å². The largest absolute Gasteiger partial charge is 0.416 e. The molecule has 1 nitrogen and oxygen atoms in total. The highest BCUT2D eigenvalue weighted by atomic mass is 32.1. The molecule has 1 aromatic rings. The first-order valence-corrected chi connectivity index (χ1v) is 4.12. The Morgan fingerprint density at radius 2 is 1.93 bits per heavy atom. The monoisotopic (exact) mass is 217 g/mol. The maximum atomic E-state index is 12.4. The quantitative estimate of drug-likeness (QED) is 0.663. The Kier molecular flexibility index (Phi) is 2.76. The summed E-state index contributed by atoms with van der Waals surface area (Å²) in [5.74, 6) is 0. The number of alkyl halides is 3. The van der Waals surface area contributed by atoms with Crippen LogP contribution in [0.2, 0.25) is 0 Å². The molecule has 0 N–H and O–H groups in total. The Morgan fingerprint density at radius 1 is 1.36 bits per heavy atom. The Balaban J connectivity index is 3.46. The standard InChI is InChI=1S/C9H6F3NS/c1-5-6(4-13)8(14)3-2-7(5)9(10,11)12/h2-3,14H,1H3. The van der Waals surface area contributed by atoms with Crippen molar-refractivity contribution in [2.24, 2.45) is 0 Å². The molecule has 74 valence electrons. The molecular weight excluding hydrogens is 211 g/mol. The Labute approximate surface area is 84.6 Å². The number of hydrogen-bond acceptors (Lipinski definition) is 2. The first kappa shape index (κ1) is 10.9. The highest BCUT2D eigenvalue weighted by molar-refractivity contribution is 7.80. The normalized spacial score (nSPS) is 11.1. The predicted octanol–water partition coefficient (Wildman–Crippen LogP) is 3.17. The summed E-state index contributed by atoms with van der Waals surface area (Å²) in [6.07, 6.45) is -4.42. The van der Waals surface area contributed by atoms with E-state index in [1.165, 1.54) is 13.0 Å². The molecule has 0 aromatic heterocycles. The Bertz CT molecular complexity index is 404. The van der Waals surface area contributed by atoms with E-state index in [4.69, 9.17) is 5.26 Å². The highest BCUT2D eigenvalue weighted by Gasteiger charge is 2.33. The number of halogens is 3. The van der Waals surface area contributed by atoms with Crippen LogP contribution < -0.4 is 0 Å². The molecule has 0 unspecified atom stereocenters. The Morgan fingerprint density at radius 3 is 2.36 bits per heavy atom. The third kappa shape index (κ3) is 1.85. The number of rotatable bonds is 0. The zero-order chi connectivity index (χ0) is 10.9. The summed E-state index contributed by atoms with van der Waals surface area (Å²) < 4.78 is 37.1. The van der Waals surface area contributed by atoms with Crippen molar-refractivity contribution in [2.45, 2.75) is 18.0 Å². The van der Waals surface area contributed by atoms with Crippen molar-refractivity contribution in [2.75, 3.05) is 0 Å². The van der Waals surface area contributed by atoms with Gasteiger partial charge < -0.3 is 0 Å². The molecule has 0 aliphatic carbocycles. The van der Waals surface area contributed by atoms with Crippen molar-refractivity contribution in [1.82, 2.24) is 0 Å². The lowest BCUT2D eigenvalue weighted by Gasteiger charge is -2.11. The molecule has 0 radical (unpaired) electrons. The predicted molar refractivity (Wildman–Crippen MR) is 48.1 cm³/mol. The van der Waals surface area contributed by atoms with Crippen LogP contribution in [0.25, 0.3) is 0 Å². The summed E-state index contributed by atoms with van der Waals surface area (Å²) >= 11 is 3.90. The van der Waals surface area contributed by atoms with Gasteiger partial charge >= 0.3 is 6.18 Å².